The Balaban J connectivity index is 1.56. The van der Waals surface area contributed by atoms with Crippen LogP contribution in [0.25, 0.3) is 10.9 Å². The van der Waals surface area contributed by atoms with E-state index in [1.165, 1.54) is 6.33 Å². The standard InChI is InChI=1S/C19H18N6O4/c26-25(27)16-8-13-14(9-15(16)24-5-3-20-4-6-24)21-10-22-19(13)23-12-1-2-17-18(7-12)29-11-28-17/h1-2,7-10,20H,3-6,11H2,(H,21,22,23). The first kappa shape index (κ1) is 17.4. The molecule has 2 aromatic carbocycles. The van der Waals surface area contributed by atoms with E-state index in [2.05, 4.69) is 20.6 Å². The SMILES string of the molecule is O=[N+]([O-])c1cc2c(Nc3ccc4c(c3)OCO4)ncnc2cc1N1CCNCC1. The molecule has 0 radical (unpaired) electrons. The van der Waals surface area contributed by atoms with Gasteiger partial charge in [0.1, 0.15) is 17.8 Å². The van der Waals surface area contributed by atoms with Crippen LogP contribution in [0.15, 0.2) is 36.7 Å². The fourth-order valence-corrected chi connectivity index (χ4v) is 3.60. The molecule has 1 aromatic heterocycles. The summed E-state index contributed by atoms with van der Waals surface area (Å²) in [5.74, 6) is 1.81. The van der Waals surface area contributed by atoms with E-state index < -0.39 is 0 Å². The average Bonchev–Trinajstić information content (AvgIpc) is 3.21. The maximum Gasteiger partial charge on any atom is 0.293 e. The minimum atomic E-state index is -0.353. The van der Waals surface area contributed by atoms with Crippen LogP contribution in [0.5, 0.6) is 11.5 Å². The normalized spacial score (nSPS) is 15.5. The highest BCUT2D eigenvalue weighted by atomic mass is 16.7. The van der Waals surface area contributed by atoms with Gasteiger partial charge >= 0.3 is 0 Å². The number of nitrogens with one attached hydrogen (secondary N) is 2. The fourth-order valence-electron chi connectivity index (χ4n) is 3.60. The van der Waals surface area contributed by atoms with Crippen LogP contribution in [0, 0.1) is 10.1 Å². The number of hydrogen-bond acceptors (Lipinski definition) is 9. The lowest BCUT2D eigenvalue weighted by molar-refractivity contribution is -0.384. The van der Waals surface area contributed by atoms with E-state index in [-0.39, 0.29) is 17.4 Å². The molecule has 0 bridgehead atoms. The Morgan fingerprint density at radius 1 is 1.10 bits per heavy atom. The molecule has 0 aliphatic carbocycles. The van der Waals surface area contributed by atoms with E-state index in [0.717, 1.165) is 18.8 Å². The van der Waals surface area contributed by atoms with Crippen molar-refractivity contribution in [1.82, 2.24) is 15.3 Å². The van der Waals surface area contributed by atoms with Crippen molar-refractivity contribution >= 4 is 33.8 Å². The number of nitro groups is 1. The number of benzene rings is 2. The van der Waals surface area contributed by atoms with E-state index in [0.29, 0.717) is 47.0 Å². The van der Waals surface area contributed by atoms with Gasteiger partial charge in [-0.15, -0.1) is 0 Å². The van der Waals surface area contributed by atoms with E-state index in [1.807, 2.05) is 11.0 Å². The molecule has 2 aliphatic rings. The summed E-state index contributed by atoms with van der Waals surface area (Å²) >= 11 is 0. The quantitative estimate of drug-likeness (QED) is 0.508. The van der Waals surface area contributed by atoms with E-state index in [1.54, 1.807) is 24.3 Å². The van der Waals surface area contributed by atoms with Crippen LogP contribution >= 0.6 is 0 Å². The molecule has 0 spiro atoms. The molecule has 148 valence electrons. The second kappa shape index (κ2) is 7.06. The van der Waals surface area contributed by atoms with Crippen molar-refractivity contribution in [3.63, 3.8) is 0 Å². The maximum atomic E-state index is 11.8. The molecule has 3 aromatic rings. The van der Waals surface area contributed by atoms with Gasteiger partial charge in [0.25, 0.3) is 5.69 Å². The number of piperazine rings is 1. The van der Waals surface area contributed by atoms with Crippen molar-refractivity contribution in [2.24, 2.45) is 0 Å². The van der Waals surface area contributed by atoms with Gasteiger partial charge in [0.05, 0.1) is 10.4 Å². The van der Waals surface area contributed by atoms with Crippen LogP contribution in [0.1, 0.15) is 0 Å². The molecule has 0 amide bonds. The molecule has 10 nitrogen and oxygen atoms in total. The molecule has 2 aliphatic heterocycles. The Hall–Kier alpha value is -3.66. The third-order valence-corrected chi connectivity index (χ3v) is 5.02. The number of anilines is 3. The zero-order chi connectivity index (χ0) is 19.8. The monoisotopic (exact) mass is 394 g/mol. The molecule has 5 rings (SSSR count). The zero-order valence-corrected chi connectivity index (χ0v) is 15.4. The van der Waals surface area contributed by atoms with Gasteiger partial charge in [-0.1, -0.05) is 0 Å². The van der Waals surface area contributed by atoms with E-state index in [9.17, 15) is 10.1 Å². The Morgan fingerprint density at radius 2 is 1.93 bits per heavy atom. The van der Waals surface area contributed by atoms with Crippen LogP contribution < -0.4 is 25.0 Å². The van der Waals surface area contributed by atoms with Crippen molar-refractivity contribution in [3.8, 4) is 11.5 Å². The van der Waals surface area contributed by atoms with Crippen LogP contribution in [-0.2, 0) is 0 Å². The van der Waals surface area contributed by atoms with Crippen molar-refractivity contribution in [2.75, 3.05) is 43.2 Å². The number of nitrogens with zero attached hydrogens (tertiary/aromatic N) is 4. The Labute approximate surface area is 165 Å². The smallest absolute Gasteiger partial charge is 0.293 e. The first-order valence-corrected chi connectivity index (χ1v) is 9.24. The molecule has 1 saturated heterocycles. The summed E-state index contributed by atoms with van der Waals surface area (Å²) < 4.78 is 10.7. The third kappa shape index (κ3) is 3.23. The highest BCUT2D eigenvalue weighted by Gasteiger charge is 2.23. The van der Waals surface area contributed by atoms with Crippen molar-refractivity contribution in [2.45, 2.75) is 0 Å². The lowest BCUT2D eigenvalue weighted by Gasteiger charge is -2.29. The lowest BCUT2D eigenvalue weighted by Crippen LogP contribution is -2.43. The molecule has 0 saturated carbocycles. The Bertz CT molecular complexity index is 1100. The first-order valence-electron chi connectivity index (χ1n) is 9.24. The van der Waals surface area contributed by atoms with Gasteiger partial charge in [0.15, 0.2) is 11.5 Å². The molecule has 10 heteroatoms. The maximum absolute atomic E-state index is 11.8. The second-order valence-electron chi connectivity index (χ2n) is 6.77. The minimum Gasteiger partial charge on any atom is -0.454 e. The van der Waals surface area contributed by atoms with Gasteiger partial charge in [0, 0.05) is 49.4 Å². The fraction of sp³-hybridized carbons (Fsp3) is 0.263. The number of fused-ring (bicyclic) bond motifs is 2. The number of hydrogen-bond donors (Lipinski definition) is 2. The third-order valence-electron chi connectivity index (χ3n) is 5.02. The number of rotatable bonds is 4. The average molecular weight is 394 g/mol. The van der Waals surface area contributed by atoms with Crippen molar-refractivity contribution < 1.29 is 14.4 Å². The summed E-state index contributed by atoms with van der Waals surface area (Å²) in [7, 11) is 0. The highest BCUT2D eigenvalue weighted by molar-refractivity contribution is 5.96. The van der Waals surface area contributed by atoms with Gasteiger partial charge in [-0.2, -0.15) is 0 Å². The number of ether oxygens (including phenoxy) is 2. The zero-order valence-electron chi connectivity index (χ0n) is 15.4. The topological polar surface area (TPSA) is 115 Å². The first-order chi connectivity index (χ1) is 14.2. The highest BCUT2D eigenvalue weighted by Crippen LogP contribution is 2.37. The van der Waals surface area contributed by atoms with Crippen LogP contribution in [0.2, 0.25) is 0 Å². The van der Waals surface area contributed by atoms with Gasteiger partial charge in [-0.3, -0.25) is 10.1 Å². The molecule has 0 atom stereocenters. The van der Waals surface area contributed by atoms with Crippen LogP contribution in [0.4, 0.5) is 22.9 Å². The summed E-state index contributed by atoms with van der Waals surface area (Å²) in [5.41, 5.74) is 2.00. The Morgan fingerprint density at radius 3 is 2.76 bits per heavy atom. The summed E-state index contributed by atoms with van der Waals surface area (Å²) in [5, 5.41) is 18.8. The molecule has 3 heterocycles. The molecule has 29 heavy (non-hydrogen) atoms. The predicted octanol–water partition coefficient (Wildman–Crippen LogP) is 2.42. The summed E-state index contributed by atoms with van der Waals surface area (Å²) in [6, 6.07) is 8.76. The largest absolute Gasteiger partial charge is 0.454 e. The van der Waals surface area contributed by atoms with Gasteiger partial charge < -0.3 is 25.0 Å². The summed E-state index contributed by atoms with van der Waals surface area (Å²) in [6.07, 6.45) is 1.45. The van der Waals surface area contributed by atoms with Crippen LogP contribution in [0.3, 0.4) is 0 Å². The van der Waals surface area contributed by atoms with Crippen molar-refractivity contribution in [1.29, 1.82) is 0 Å². The van der Waals surface area contributed by atoms with E-state index >= 15 is 0 Å². The Kier molecular flexibility index (Phi) is 4.24. The summed E-state index contributed by atoms with van der Waals surface area (Å²) in [6.45, 7) is 3.18. The number of aromatic nitrogens is 2. The predicted molar refractivity (Wildman–Crippen MR) is 107 cm³/mol. The molecule has 0 unspecified atom stereocenters. The molecule has 1 fully saturated rings. The molecular weight excluding hydrogens is 376 g/mol. The van der Waals surface area contributed by atoms with Gasteiger partial charge in [0.2, 0.25) is 6.79 Å². The lowest BCUT2D eigenvalue weighted by atomic mass is 10.1. The molecule has 2 N–H and O–H groups in total. The summed E-state index contributed by atoms with van der Waals surface area (Å²) in [4.78, 5) is 22.1. The number of nitro benzene ring substituents is 1. The minimum absolute atomic E-state index is 0.0444. The molecular formula is C19H18N6O4. The van der Waals surface area contributed by atoms with E-state index in [4.69, 9.17) is 9.47 Å². The second-order valence-corrected chi connectivity index (χ2v) is 6.77. The van der Waals surface area contributed by atoms with Gasteiger partial charge in [-0.25, -0.2) is 9.97 Å². The van der Waals surface area contributed by atoms with Crippen molar-refractivity contribution in [3.05, 3.63) is 46.8 Å². The van der Waals surface area contributed by atoms with Crippen LogP contribution in [-0.4, -0.2) is 47.9 Å². The van der Waals surface area contributed by atoms with Gasteiger partial charge in [-0.05, 0) is 18.2 Å².